The summed E-state index contributed by atoms with van der Waals surface area (Å²) in [4.78, 5) is 17.6. The van der Waals surface area contributed by atoms with Crippen LogP contribution in [-0.2, 0) is 16.1 Å². The highest BCUT2D eigenvalue weighted by Crippen LogP contribution is 2.40. The Morgan fingerprint density at radius 1 is 1.22 bits per heavy atom. The molecule has 4 rings (SSSR count). The summed E-state index contributed by atoms with van der Waals surface area (Å²) in [6.45, 7) is 6.57. The molecule has 1 aromatic carbocycles. The maximum atomic E-state index is 12.9. The first-order valence-corrected chi connectivity index (χ1v) is 10.4. The van der Waals surface area contributed by atoms with Gasteiger partial charge in [0.05, 0.1) is 7.11 Å². The van der Waals surface area contributed by atoms with Gasteiger partial charge < -0.3 is 14.4 Å². The third-order valence-electron chi connectivity index (χ3n) is 6.60. The number of ether oxygens (including phenoxy) is 2. The molecule has 3 aliphatic rings. The third kappa shape index (κ3) is 4.30. The fraction of sp³-hybridized carbons (Fsp3) is 0.682. The number of hydrogen-bond acceptors (Lipinski definition) is 4. The Hall–Kier alpha value is -1.59. The smallest absolute Gasteiger partial charge is 0.225 e. The van der Waals surface area contributed by atoms with Crippen molar-refractivity contribution in [2.24, 2.45) is 11.3 Å². The molecule has 27 heavy (non-hydrogen) atoms. The number of carbonyl (C=O) groups excluding carboxylic acids is 1. The number of hydrogen-bond donors (Lipinski definition) is 0. The van der Waals surface area contributed by atoms with E-state index in [0.717, 1.165) is 70.9 Å². The summed E-state index contributed by atoms with van der Waals surface area (Å²) in [5, 5.41) is 0. The lowest BCUT2D eigenvalue weighted by atomic mass is 9.79. The molecule has 0 aliphatic carbocycles. The Labute approximate surface area is 162 Å². The number of rotatable bonds is 4. The molecule has 0 aromatic heterocycles. The van der Waals surface area contributed by atoms with Gasteiger partial charge in [-0.1, -0.05) is 12.1 Å². The number of amides is 1. The lowest BCUT2D eigenvalue weighted by molar-refractivity contribution is -0.138. The molecule has 0 N–H and O–H groups in total. The molecule has 1 atom stereocenters. The van der Waals surface area contributed by atoms with Crippen LogP contribution in [0.3, 0.4) is 0 Å². The number of methoxy groups -OCH3 is 1. The second-order valence-electron chi connectivity index (χ2n) is 8.56. The average molecular weight is 373 g/mol. The van der Waals surface area contributed by atoms with Gasteiger partial charge >= 0.3 is 0 Å². The third-order valence-corrected chi connectivity index (χ3v) is 6.60. The maximum Gasteiger partial charge on any atom is 0.225 e. The molecular weight excluding hydrogens is 340 g/mol. The Morgan fingerprint density at radius 3 is 2.89 bits per heavy atom. The number of piperidine rings is 1. The van der Waals surface area contributed by atoms with Gasteiger partial charge in [0, 0.05) is 50.7 Å². The Kier molecular flexibility index (Phi) is 5.69. The van der Waals surface area contributed by atoms with E-state index in [2.05, 4.69) is 28.0 Å². The van der Waals surface area contributed by atoms with Crippen molar-refractivity contribution in [3.05, 3.63) is 29.8 Å². The highest BCUT2D eigenvalue weighted by Gasteiger charge is 2.43. The van der Waals surface area contributed by atoms with E-state index in [9.17, 15) is 4.79 Å². The van der Waals surface area contributed by atoms with Crippen LogP contribution in [0, 0.1) is 11.3 Å². The van der Waals surface area contributed by atoms with Gasteiger partial charge in [-0.25, -0.2) is 0 Å². The highest BCUT2D eigenvalue weighted by atomic mass is 16.5. The minimum Gasteiger partial charge on any atom is -0.497 e. The zero-order valence-electron chi connectivity index (χ0n) is 16.5. The predicted molar refractivity (Wildman–Crippen MR) is 105 cm³/mol. The largest absolute Gasteiger partial charge is 0.497 e. The molecule has 0 radical (unpaired) electrons. The molecule has 0 saturated carbocycles. The molecule has 3 heterocycles. The van der Waals surface area contributed by atoms with Crippen LogP contribution in [0.25, 0.3) is 0 Å². The van der Waals surface area contributed by atoms with Crippen LogP contribution < -0.4 is 4.74 Å². The highest BCUT2D eigenvalue weighted by molar-refractivity contribution is 5.79. The average Bonchev–Trinajstić information content (AvgIpc) is 3.11. The van der Waals surface area contributed by atoms with E-state index in [1.807, 2.05) is 6.07 Å². The van der Waals surface area contributed by atoms with Crippen molar-refractivity contribution < 1.29 is 14.3 Å². The Balaban J connectivity index is 1.36. The summed E-state index contributed by atoms with van der Waals surface area (Å²) in [6.07, 6.45) is 5.41. The van der Waals surface area contributed by atoms with Crippen LogP contribution in [0.4, 0.5) is 0 Å². The molecule has 5 nitrogen and oxygen atoms in total. The summed E-state index contributed by atoms with van der Waals surface area (Å²) in [5.74, 6) is 1.48. The van der Waals surface area contributed by atoms with E-state index in [4.69, 9.17) is 9.47 Å². The van der Waals surface area contributed by atoms with Gasteiger partial charge in [-0.3, -0.25) is 9.69 Å². The van der Waals surface area contributed by atoms with E-state index in [-0.39, 0.29) is 11.3 Å². The molecule has 1 amide bonds. The number of benzene rings is 1. The monoisotopic (exact) mass is 372 g/mol. The topological polar surface area (TPSA) is 42.0 Å². The van der Waals surface area contributed by atoms with E-state index in [0.29, 0.717) is 5.91 Å². The zero-order chi connectivity index (χ0) is 18.7. The molecule has 148 valence electrons. The Morgan fingerprint density at radius 2 is 2.07 bits per heavy atom. The van der Waals surface area contributed by atoms with E-state index in [1.165, 1.54) is 18.4 Å². The summed E-state index contributed by atoms with van der Waals surface area (Å²) >= 11 is 0. The first-order chi connectivity index (χ1) is 13.2. The van der Waals surface area contributed by atoms with Gasteiger partial charge in [-0.2, -0.15) is 0 Å². The van der Waals surface area contributed by atoms with E-state index in [1.54, 1.807) is 7.11 Å². The van der Waals surface area contributed by atoms with Crippen molar-refractivity contribution in [3.63, 3.8) is 0 Å². The second-order valence-corrected chi connectivity index (χ2v) is 8.56. The molecule has 3 aliphatic heterocycles. The number of likely N-dealkylation sites (tertiary alicyclic amines) is 2. The zero-order valence-corrected chi connectivity index (χ0v) is 16.5. The summed E-state index contributed by atoms with van der Waals surface area (Å²) in [7, 11) is 1.72. The normalized spacial score (nSPS) is 27.2. The molecule has 3 fully saturated rings. The van der Waals surface area contributed by atoms with Crippen LogP contribution in [-0.4, -0.2) is 62.2 Å². The fourth-order valence-electron chi connectivity index (χ4n) is 5.13. The van der Waals surface area contributed by atoms with Gasteiger partial charge in [0.1, 0.15) is 5.75 Å². The van der Waals surface area contributed by atoms with Crippen LogP contribution in [0.15, 0.2) is 24.3 Å². The first-order valence-electron chi connectivity index (χ1n) is 10.4. The summed E-state index contributed by atoms with van der Waals surface area (Å²) in [6, 6.07) is 8.38. The van der Waals surface area contributed by atoms with Crippen molar-refractivity contribution in [3.8, 4) is 5.75 Å². The maximum absolute atomic E-state index is 12.9. The Bertz CT molecular complexity index is 659. The number of nitrogens with zero attached hydrogens (tertiary/aromatic N) is 2. The van der Waals surface area contributed by atoms with Crippen LogP contribution >= 0.6 is 0 Å². The van der Waals surface area contributed by atoms with Gasteiger partial charge in [0.15, 0.2) is 0 Å². The van der Waals surface area contributed by atoms with Crippen molar-refractivity contribution in [2.75, 3.05) is 46.5 Å². The lowest BCUT2D eigenvalue weighted by Gasteiger charge is -2.40. The molecule has 3 saturated heterocycles. The standard InChI is InChI=1S/C22H32N2O3/c1-26-20-5-2-4-18(14-20)15-23-10-3-8-22(16-23)9-11-24(17-22)21(25)19-6-12-27-13-7-19/h2,4-5,14,19H,3,6-13,15-17H2,1H3. The number of carbonyl (C=O) groups is 1. The quantitative estimate of drug-likeness (QED) is 0.815. The second kappa shape index (κ2) is 8.19. The van der Waals surface area contributed by atoms with Crippen molar-refractivity contribution >= 4 is 5.91 Å². The SMILES string of the molecule is COc1cccc(CN2CCCC3(CCN(C(=O)C4CCOCC4)C3)C2)c1. The van der Waals surface area contributed by atoms with Gasteiger partial charge in [-0.05, 0) is 56.3 Å². The van der Waals surface area contributed by atoms with Crippen molar-refractivity contribution in [2.45, 2.75) is 38.6 Å². The molecule has 1 unspecified atom stereocenters. The van der Waals surface area contributed by atoms with Gasteiger partial charge in [-0.15, -0.1) is 0 Å². The van der Waals surface area contributed by atoms with Gasteiger partial charge in [0.25, 0.3) is 0 Å². The minimum absolute atomic E-state index is 0.186. The first kappa shape index (κ1) is 18.8. The van der Waals surface area contributed by atoms with Crippen molar-refractivity contribution in [1.29, 1.82) is 0 Å². The van der Waals surface area contributed by atoms with Gasteiger partial charge in [0.2, 0.25) is 5.91 Å². The molecule has 5 heteroatoms. The van der Waals surface area contributed by atoms with E-state index < -0.39 is 0 Å². The fourth-order valence-corrected chi connectivity index (χ4v) is 5.13. The van der Waals surface area contributed by atoms with E-state index >= 15 is 0 Å². The summed E-state index contributed by atoms with van der Waals surface area (Å²) in [5.41, 5.74) is 1.59. The molecular formula is C22H32N2O3. The molecule has 1 spiro atoms. The van der Waals surface area contributed by atoms with Crippen molar-refractivity contribution in [1.82, 2.24) is 9.80 Å². The van der Waals surface area contributed by atoms with Crippen LogP contribution in [0.2, 0.25) is 0 Å². The molecule has 0 bridgehead atoms. The van der Waals surface area contributed by atoms with Crippen LogP contribution in [0.5, 0.6) is 5.75 Å². The lowest BCUT2D eigenvalue weighted by Crippen LogP contribution is -2.45. The van der Waals surface area contributed by atoms with Crippen LogP contribution in [0.1, 0.15) is 37.7 Å². The predicted octanol–water partition coefficient (Wildman–Crippen LogP) is 2.94. The minimum atomic E-state index is 0.186. The molecule has 1 aromatic rings. The summed E-state index contributed by atoms with van der Waals surface area (Å²) < 4.78 is 10.8.